The summed E-state index contributed by atoms with van der Waals surface area (Å²) in [6.07, 6.45) is 4.82. The summed E-state index contributed by atoms with van der Waals surface area (Å²) in [5, 5.41) is 6.27. The highest BCUT2D eigenvalue weighted by Crippen LogP contribution is 2.37. The second-order valence-electron chi connectivity index (χ2n) is 15.5. The van der Waals surface area contributed by atoms with Crippen LogP contribution in [0.5, 0.6) is 5.75 Å². The number of fused-ring (bicyclic) bond motifs is 1. The van der Waals surface area contributed by atoms with Gasteiger partial charge in [0.1, 0.15) is 17.0 Å². The molecule has 3 heterocycles. The molecule has 0 atom stereocenters. The number of hydrogen-bond donors (Lipinski definition) is 2. The van der Waals surface area contributed by atoms with E-state index in [1.54, 1.807) is 36.9 Å². The van der Waals surface area contributed by atoms with Crippen molar-refractivity contribution in [2.75, 3.05) is 82.1 Å². The van der Waals surface area contributed by atoms with Crippen molar-refractivity contribution >= 4 is 41.0 Å². The molecule has 2 aliphatic heterocycles. The van der Waals surface area contributed by atoms with Gasteiger partial charge in [0.2, 0.25) is 5.95 Å². The van der Waals surface area contributed by atoms with E-state index in [0.29, 0.717) is 36.1 Å². The number of anilines is 4. The number of hydrogen-bond acceptors (Lipinski definition) is 11. The predicted molar refractivity (Wildman–Crippen MR) is 200 cm³/mol. The quantitative estimate of drug-likeness (QED) is 0.354. The molecule has 3 amide bonds. The molecule has 16 heteroatoms. The molecule has 3 aliphatic rings. The Hall–Kier alpha value is -4.31. The smallest absolute Gasteiger partial charge is 0.410 e. The van der Waals surface area contributed by atoms with Gasteiger partial charge in [-0.1, -0.05) is 0 Å². The van der Waals surface area contributed by atoms with Gasteiger partial charge >= 0.3 is 12.0 Å². The van der Waals surface area contributed by atoms with Crippen LogP contribution in [0.4, 0.5) is 36.7 Å². The molecule has 2 aromatic rings. The number of nitrogens with one attached hydrogen (secondary N) is 2. The molecule has 2 N–H and O–H groups in total. The van der Waals surface area contributed by atoms with Crippen LogP contribution in [-0.2, 0) is 9.53 Å². The van der Waals surface area contributed by atoms with E-state index in [9.17, 15) is 23.2 Å². The minimum atomic E-state index is -3.59. The number of aromatic nitrogens is 2. The van der Waals surface area contributed by atoms with E-state index in [1.807, 2.05) is 20.8 Å². The largest absolute Gasteiger partial charge is 0.495 e. The molecule has 1 saturated heterocycles. The molecule has 5 rings (SSSR count). The van der Waals surface area contributed by atoms with Crippen LogP contribution in [0.1, 0.15) is 70.7 Å². The molecule has 14 nitrogen and oxygen atoms in total. The molecule has 1 aromatic carbocycles. The summed E-state index contributed by atoms with van der Waals surface area (Å²) < 4.78 is 40.5. The average Bonchev–Trinajstić information content (AvgIpc) is 3.18. The lowest BCUT2D eigenvalue weighted by Crippen LogP contribution is -2.51. The number of carbonyl (C=O) groups is 3. The maximum absolute atomic E-state index is 14.7. The summed E-state index contributed by atoms with van der Waals surface area (Å²) in [7, 11) is 4.94. The molecule has 1 aliphatic carbocycles. The van der Waals surface area contributed by atoms with Crippen molar-refractivity contribution < 1.29 is 32.6 Å². The lowest BCUT2D eigenvalue weighted by Gasteiger charge is -2.38. The van der Waals surface area contributed by atoms with Crippen LogP contribution in [0.15, 0.2) is 24.4 Å². The minimum absolute atomic E-state index is 0.0612. The van der Waals surface area contributed by atoms with E-state index < -0.39 is 24.0 Å². The number of ether oxygens (including phenoxy) is 2. The van der Waals surface area contributed by atoms with Gasteiger partial charge in [0.25, 0.3) is 11.8 Å². The number of benzene rings is 1. The van der Waals surface area contributed by atoms with Crippen LogP contribution in [0.3, 0.4) is 0 Å². The van der Waals surface area contributed by atoms with Gasteiger partial charge in [-0.15, -0.1) is 0 Å². The SMILES string of the molecule is COc1cc(C(=O)NC2CCC(N(C)CCN3CCN(C(=O)OC(C)(C)C)CC3)CC2)ccc1Nc1ncc2c(n1)N(C(C)C)CC(F)(F)C(=O)N2C. The first-order chi connectivity index (χ1) is 25.0. The van der Waals surface area contributed by atoms with Crippen molar-refractivity contribution in [3.8, 4) is 5.75 Å². The predicted octanol–water partition coefficient (Wildman–Crippen LogP) is 4.58. The third-order valence-electron chi connectivity index (χ3n) is 10.2. The number of methoxy groups -OCH3 is 1. The Balaban J connectivity index is 1.11. The Bertz CT molecular complexity index is 1620. The Morgan fingerprint density at radius 2 is 1.77 bits per heavy atom. The van der Waals surface area contributed by atoms with Crippen LogP contribution < -0.4 is 25.2 Å². The second kappa shape index (κ2) is 16.4. The number of carbonyl (C=O) groups excluding carboxylic acids is 3. The molecule has 0 bridgehead atoms. The minimum Gasteiger partial charge on any atom is -0.495 e. The molecule has 0 radical (unpaired) electrons. The fourth-order valence-corrected chi connectivity index (χ4v) is 6.96. The first-order valence-electron chi connectivity index (χ1n) is 18.4. The topological polar surface area (TPSA) is 136 Å². The first-order valence-corrected chi connectivity index (χ1v) is 18.4. The van der Waals surface area contributed by atoms with Crippen LogP contribution in [-0.4, -0.2) is 139 Å². The Morgan fingerprint density at radius 1 is 1.09 bits per heavy atom. The van der Waals surface area contributed by atoms with Crippen molar-refractivity contribution in [1.82, 2.24) is 30.0 Å². The number of piperazine rings is 1. The van der Waals surface area contributed by atoms with Gasteiger partial charge in [-0.25, -0.2) is 9.78 Å². The van der Waals surface area contributed by atoms with E-state index in [4.69, 9.17) is 9.47 Å². The fourth-order valence-electron chi connectivity index (χ4n) is 6.96. The van der Waals surface area contributed by atoms with Gasteiger partial charge in [0, 0.05) is 70.0 Å². The molecule has 0 unspecified atom stereocenters. The summed E-state index contributed by atoms with van der Waals surface area (Å²) >= 11 is 0. The summed E-state index contributed by atoms with van der Waals surface area (Å²) in [5.74, 6) is -4.39. The molecular weight excluding hydrogens is 688 g/mol. The average molecular weight is 744 g/mol. The molecule has 1 saturated carbocycles. The Labute approximate surface area is 311 Å². The van der Waals surface area contributed by atoms with Crippen molar-refractivity contribution in [2.45, 2.75) is 90.0 Å². The fraction of sp³-hybridized carbons (Fsp3) is 0.649. The third kappa shape index (κ3) is 9.82. The molecule has 292 valence electrons. The van der Waals surface area contributed by atoms with E-state index in [-0.39, 0.29) is 41.5 Å². The number of likely N-dealkylation sites (N-methyl/N-ethyl adjacent to an activating group) is 1. The summed E-state index contributed by atoms with van der Waals surface area (Å²) in [6.45, 7) is 13.2. The first kappa shape index (κ1) is 39.9. The number of amides is 3. The maximum atomic E-state index is 14.7. The van der Waals surface area contributed by atoms with Crippen LogP contribution in [0.25, 0.3) is 0 Å². The van der Waals surface area contributed by atoms with E-state index >= 15 is 0 Å². The lowest BCUT2D eigenvalue weighted by molar-refractivity contribution is -0.140. The summed E-state index contributed by atoms with van der Waals surface area (Å²) in [6, 6.07) is 5.15. The Morgan fingerprint density at radius 3 is 2.40 bits per heavy atom. The summed E-state index contributed by atoms with van der Waals surface area (Å²) in [5.41, 5.74) is 0.608. The van der Waals surface area contributed by atoms with Gasteiger partial charge in [0.15, 0.2) is 5.82 Å². The maximum Gasteiger partial charge on any atom is 0.410 e. The standard InChI is InChI=1S/C37H55F2N9O5/c1-24(2)48-23-37(38,39)33(50)45(7)29-22-40-34(43-31(29)48)42-28-14-9-25(21-30(28)52-8)32(49)41-26-10-12-27(13-11-26)44(6)15-16-46-17-19-47(20-18-46)35(51)53-36(3,4)5/h9,14,21-22,24,26-27H,10-13,15-20,23H2,1-8H3,(H,41,49)(H,40,42,43). The van der Waals surface area contributed by atoms with Crippen molar-refractivity contribution in [1.29, 1.82) is 0 Å². The molecule has 2 fully saturated rings. The van der Waals surface area contributed by atoms with Gasteiger partial charge in [-0.2, -0.15) is 13.8 Å². The van der Waals surface area contributed by atoms with Crippen LogP contribution >= 0.6 is 0 Å². The highest BCUT2D eigenvalue weighted by molar-refractivity contribution is 6.02. The van der Waals surface area contributed by atoms with Crippen LogP contribution in [0, 0.1) is 0 Å². The summed E-state index contributed by atoms with van der Waals surface area (Å²) in [4.78, 5) is 55.8. The zero-order chi connectivity index (χ0) is 38.7. The number of rotatable bonds is 10. The monoisotopic (exact) mass is 743 g/mol. The van der Waals surface area contributed by atoms with Crippen LogP contribution in [0.2, 0.25) is 0 Å². The van der Waals surface area contributed by atoms with Crippen molar-refractivity contribution in [2.24, 2.45) is 0 Å². The zero-order valence-corrected chi connectivity index (χ0v) is 32.2. The molecule has 0 spiro atoms. The molecule has 1 aromatic heterocycles. The van der Waals surface area contributed by atoms with Gasteiger partial charge in [-0.05, 0) is 85.5 Å². The number of halogens is 2. The van der Waals surface area contributed by atoms with Gasteiger partial charge in [0.05, 0.1) is 25.5 Å². The number of alkyl halides is 2. The second-order valence-corrected chi connectivity index (χ2v) is 15.5. The Kier molecular flexibility index (Phi) is 12.3. The van der Waals surface area contributed by atoms with Crippen molar-refractivity contribution in [3.05, 3.63) is 30.0 Å². The number of nitrogens with zero attached hydrogens (tertiary/aromatic N) is 7. The third-order valence-corrected chi connectivity index (χ3v) is 10.2. The van der Waals surface area contributed by atoms with E-state index in [1.165, 1.54) is 25.3 Å². The molecule has 53 heavy (non-hydrogen) atoms. The zero-order valence-electron chi connectivity index (χ0n) is 32.2. The van der Waals surface area contributed by atoms with E-state index in [2.05, 4.69) is 37.4 Å². The lowest BCUT2D eigenvalue weighted by atomic mass is 9.90. The highest BCUT2D eigenvalue weighted by Gasteiger charge is 2.47. The normalized spacial score (nSPS) is 21.0. The van der Waals surface area contributed by atoms with Gasteiger partial charge in [-0.3, -0.25) is 14.5 Å². The highest BCUT2D eigenvalue weighted by atomic mass is 19.3. The van der Waals surface area contributed by atoms with Gasteiger partial charge < -0.3 is 39.7 Å². The molecular formula is C37H55F2N9O5. The van der Waals surface area contributed by atoms with Crippen molar-refractivity contribution in [3.63, 3.8) is 0 Å². The van der Waals surface area contributed by atoms with E-state index in [0.717, 1.165) is 56.8 Å².